The van der Waals surface area contributed by atoms with Crippen molar-refractivity contribution >= 4 is 11.7 Å². The van der Waals surface area contributed by atoms with Crippen molar-refractivity contribution in [2.45, 2.75) is 19.3 Å². The molecular formula is C19H22F2N2O3. The Kier molecular flexibility index (Phi) is 6.02. The van der Waals surface area contributed by atoms with Crippen molar-refractivity contribution in [2.75, 3.05) is 26.1 Å². The second-order valence-corrected chi connectivity index (χ2v) is 6.39. The molecule has 0 saturated carbocycles. The minimum atomic E-state index is -1.02. The molecule has 5 nitrogen and oxygen atoms in total. The number of methoxy groups -OCH3 is 2. The Morgan fingerprint density at radius 2 is 1.69 bits per heavy atom. The molecule has 0 bridgehead atoms. The Bertz CT molecular complexity index is 794. The fourth-order valence-electron chi connectivity index (χ4n) is 2.41. The molecule has 0 spiro atoms. The number of anilines is 1. The number of hydrogen-bond donors (Lipinski definition) is 2. The number of carbonyl (C=O) groups excluding carboxylic acids is 1. The van der Waals surface area contributed by atoms with Crippen LogP contribution in [0.15, 0.2) is 36.4 Å². The summed E-state index contributed by atoms with van der Waals surface area (Å²) in [6.07, 6.45) is 0. The predicted molar refractivity (Wildman–Crippen MR) is 96.0 cm³/mol. The number of nitrogens with one attached hydrogen (secondary N) is 2. The van der Waals surface area contributed by atoms with Crippen LogP contribution in [0.2, 0.25) is 0 Å². The third kappa shape index (κ3) is 4.62. The highest BCUT2D eigenvalue weighted by atomic mass is 19.2. The topological polar surface area (TPSA) is 59.6 Å². The lowest BCUT2D eigenvalue weighted by molar-refractivity contribution is 0.249. The number of rotatable bonds is 6. The van der Waals surface area contributed by atoms with E-state index in [2.05, 4.69) is 10.6 Å². The molecule has 2 rings (SSSR count). The lowest BCUT2D eigenvalue weighted by Crippen LogP contribution is -2.39. The average Bonchev–Trinajstić information content (AvgIpc) is 2.62. The lowest BCUT2D eigenvalue weighted by atomic mass is 9.84. The Morgan fingerprint density at radius 3 is 2.31 bits per heavy atom. The molecule has 0 aliphatic carbocycles. The molecule has 0 radical (unpaired) electrons. The highest BCUT2D eigenvalue weighted by molar-refractivity contribution is 5.89. The van der Waals surface area contributed by atoms with E-state index in [-0.39, 0.29) is 5.69 Å². The van der Waals surface area contributed by atoms with E-state index in [1.54, 1.807) is 20.3 Å². The van der Waals surface area contributed by atoms with Crippen molar-refractivity contribution in [2.24, 2.45) is 0 Å². The van der Waals surface area contributed by atoms with Crippen LogP contribution in [0.1, 0.15) is 19.4 Å². The van der Waals surface area contributed by atoms with Crippen LogP contribution in [0.5, 0.6) is 11.5 Å². The fourth-order valence-corrected chi connectivity index (χ4v) is 2.41. The van der Waals surface area contributed by atoms with Crippen molar-refractivity contribution in [1.82, 2.24) is 5.32 Å². The third-order valence-corrected chi connectivity index (χ3v) is 4.03. The summed E-state index contributed by atoms with van der Waals surface area (Å²) in [5.41, 5.74) is 0.721. The van der Waals surface area contributed by atoms with E-state index in [4.69, 9.17) is 9.47 Å². The largest absolute Gasteiger partial charge is 0.493 e. The maximum atomic E-state index is 13.2. The molecule has 0 heterocycles. The average molecular weight is 364 g/mol. The van der Waals surface area contributed by atoms with Gasteiger partial charge in [0.15, 0.2) is 23.1 Å². The highest BCUT2D eigenvalue weighted by Gasteiger charge is 2.23. The molecule has 0 atom stereocenters. The molecule has 2 aromatic carbocycles. The number of amides is 2. The summed E-state index contributed by atoms with van der Waals surface area (Å²) >= 11 is 0. The Balaban J connectivity index is 2.02. The van der Waals surface area contributed by atoms with E-state index in [0.717, 1.165) is 17.7 Å². The van der Waals surface area contributed by atoms with Crippen LogP contribution in [0.4, 0.5) is 19.3 Å². The molecule has 0 aromatic heterocycles. The summed E-state index contributed by atoms with van der Waals surface area (Å²) in [5.74, 6) is -0.764. The second-order valence-electron chi connectivity index (χ2n) is 6.39. The Labute approximate surface area is 151 Å². The first-order valence-electron chi connectivity index (χ1n) is 7.99. The molecule has 0 fully saturated rings. The van der Waals surface area contributed by atoms with Crippen molar-refractivity contribution in [3.05, 3.63) is 53.6 Å². The van der Waals surface area contributed by atoms with Gasteiger partial charge in [-0.1, -0.05) is 19.9 Å². The van der Waals surface area contributed by atoms with Crippen LogP contribution in [-0.4, -0.2) is 26.8 Å². The van der Waals surface area contributed by atoms with Gasteiger partial charge in [0.2, 0.25) is 0 Å². The Morgan fingerprint density at radius 1 is 1.00 bits per heavy atom. The summed E-state index contributed by atoms with van der Waals surface area (Å²) in [4.78, 5) is 12.0. The van der Waals surface area contributed by atoms with Gasteiger partial charge in [0.05, 0.1) is 14.2 Å². The highest BCUT2D eigenvalue weighted by Crippen LogP contribution is 2.32. The first-order valence-corrected chi connectivity index (χ1v) is 7.99. The maximum Gasteiger partial charge on any atom is 0.319 e. The van der Waals surface area contributed by atoms with Gasteiger partial charge in [0, 0.05) is 23.7 Å². The zero-order valence-corrected chi connectivity index (χ0v) is 15.2. The van der Waals surface area contributed by atoms with Crippen LogP contribution in [0.3, 0.4) is 0 Å². The molecule has 7 heteroatoms. The fraction of sp³-hybridized carbons (Fsp3) is 0.316. The van der Waals surface area contributed by atoms with E-state index >= 15 is 0 Å². The van der Waals surface area contributed by atoms with Crippen molar-refractivity contribution < 1.29 is 23.0 Å². The standard InChI is InChI=1S/C19H22F2N2O3/c1-19(2,12-5-8-16(25-3)17(9-12)26-4)11-22-18(24)23-13-6-7-14(20)15(21)10-13/h5-10H,11H2,1-4H3,(H2,22,23,24). The van der Waals surface area contributed by atoms with Crippen molar-refractivity contribution in [1.29, 1.82) is 0 Å². The number of hydrogen-bond acceptors (Lipinski definition) is 3. The maximum absolute atomic E-state index is 13.2. The zero-order chi connectivity index (χ0) is 19.3. The van der Waals surface area contributed by atoms with Crippen LogP contribution in [0.25, 0.3) is 0 Å². The van der Waals surface area contributed by atoms with E-state index in [1.807, 2.05) is 26.0 Å². The summed E-state index contributed by atoms with van der Waals surface area (Å²) in [5, 5.41) is 5.21. The van der Waals surface area contributed by atoms with Gasteiger partial charge in [0.1, 0.15) is 0 Å². The zero-order valence-electron chi connectivity index (χ0n) is 15.2. The number of halogens is 2. The SMILES string of the molecule is COc1ccc(C(C)(C)CNC(=O)Nc2ccc(F)c(F)c2)cc1OC. The molecule has 0 saturated heterocycles. The van der Waals surface area contributed by atoms with Gasteiger partial charge in [-0.15, -0.1) is 0 Å². The molecule has 2 amide bonds. The minimum absolute atomic E-state index is 0.172. The summed E-state index contributed by atoms with van der Waals surface area (Å²) < 4.78 is 36.6. The van der Waals surface area contributed by atoms with Gasteiger partial charge in [-0.3, -0.25) is 0 Å². The number of urea groups is 1. The normalized spacial score (nSPS) is 11.0. The number of benzene rings is 2. The molecule has 26 heavy (non-hydrogen) atoms. The van der Waals surface area contributed by atoms with Crippen LogP contribution in [0, 0.1) is 11.6 Å². The quantitative estimate of drug-likeness (QED) is 0.812. The molecule has 0 aliphatic heterocycles. The molecule has 0 unspecified atom stereocenters. The van der Waals surface area contributed by atoms with E-state index in [0.29, 0.717) is 18.0 Å². The Hall–Kier alpha value is -2.83. The van der Waals surface area contributed by atoms with Gasteiger partial charge in [-0.05, 0) is 29.8 Å². The van der Waals surface area contributed by atoms with Gasteiger partial charge in [-0.25, -0.2) is 13.6 Å². The molecule has 2 N–H and O–H groups in total. The van der Waals surface area contributed by atoms with Crippen molar-refractivity contribution in [3.63, 3.8) is 0 Å². The lowest BCUT2D eigenvalue weighted by Gasteiger charge is -2.26. The molecular weight excluding hydrogens is 342 g/mol. The van der Waals surface area contributed by atoms with Gasteiger partial charge < -0.3 is 20.1 Å². The molecule has 140 valence electrons. The monoisotopic (exact) mass is 364 g/mol. The van der Waals surface area contributed by atoms with Crippen LogP contribution < -0.4 is 20.1 Å². The van der Waals surface area contributed by atoms with Crippen LogP contribution >= 0.6 is 0 Å². The first kappa shape index (κ1) is 19.5. The number of ether oxygens (including phenoxy) is 2. The van der Waals surface area contributed by atoms with Crippen LogP contribution in [-0.2, 0) is 5.41 Å². The smallest absolute Gasteiger partial charge is 0.319 e. The van der Waals surface area contributed by atoms with E-state index < -0.39 is 23.1 Å². The summed E-state index contributed by atoms with van der Waals surface area (Å²) in [6.45, 7) is 4.25. The number of carbonyl (C=O) groups is 1. The van der Waals surface area contributed by atoms with E-state index in [9.17, 15) is 13.6 Å². The summed E-state index contributed by atoms with van der Waals surface area (Å²) in [6, 6.07) is 8.22. The van der Waals surface area contributed by atoms with E-state index in [1.165, 1.54) is 6.07 Å². The van der Waals surface area contributed by atoms with Gasteiger partial charge >= 0.3 is 6.03 Å². The minimum Gasteiger partial charge on any atom is -0.493 e. The van der Waals surface area contributed by atoms with Gasteiger partial charge in [0.25, 0.3) is 0 Å². The van der Waals surface area contributed by atoms with Gasteiger partial charge in [-0.2, -0.15) is 0 Å². The predicted octanol–water partition coefficient (Wildman–Crippen LogP) is 4.08. The summed E-state index contributed by atoms with van der Waals surface area (Å²) in [7, 11) is 3.12. The molecule has 2 aromatic rings. The van der Waals surface area contributed by atoms with Crippen molar-refractivity contribution in [3.8, 4) is 11.5 Å². The molecule has 0 aliphatic rings. The third-order valence-electron chi connectivity index (χ3n) is 4.03. The second kappa shape index (κ2) is 8.03. The first-order chi connectivity index (χ1) is 12.3.